The molecule has 3 nitrogen and oxygen atoms in total. The summed E-state index contributed by atoms with van der Waals surface area (Å²) in [5.74, 6) is 2.55. The minimum absolute atomic E-state index is 0.684. The van der Waals surface area contributed by atoms with Crippen molar-refractivity contribution in [3.05, 3.63) is 6.20 Å². The summed E-state index contributed by atoms with van der Waals surface area (Å²) in [7, 11) is 0. The molecule has 0 unspecified atom stereocenters. The summed E-state index contributed by atoms with van der Waals surface area (Å²) >= 11 is 1.76. The number of nitrogens with two attached hydrogens (primary N) is 1. The van der Waals surface area contributed by atoms with E-state index in [1.54, 1.807) is 18.0 Å². The van der Waals surface area contributed by atoms with Crippen LogP contribution in [0.25, 0.3) is 0 Å². The lowest BCUT2D eigenvalue weighted by molar-refractivity contribution is 0.632. The molecule has 0 radical (unpaired) electrons. The van der Waals surface area contributed by atoms with Crippen LogP contribution in [0.2, 0.25) is 0 Å². The summed E-state index contributed by atoms with van der Waals surface area (Å²) < 4.78 is 0. The van der Waals surface area contributed by atoms with Crippen LogP contribution in [0.5, 0.6) is 0 Å². The van der Waals surface area contributed by atoms with Gasteiger partial charge in [0.05, 0.1) is 11.1 Å². The number of thioether (sulfide) groups is 1. The second-order valence-electron chi connectivity index (χ2n) is 3.18. The van der Waals surface area contributed by atoms with E-state index in [1.807, 2.05) is 0 Å². The molecular weight excluding hydrogens is 170 g/mol. The largest absolute Gasteiger partial charge is 0.383 e. The highest BCUT2D eigenvalue weighted by atomic mass is 32.2. The third kappa shape index (κ3) is 2.77. The Labute approximate surface area is 77.1 Å². The van der Waals surface area contributed by atoms with E-state index in [4.69, 9.17) is 5.73 Å². The highest BCUT2D eigenvalue weighted by Gasteiger charge is 2.01. The second kappa shape index (κ2) is 4.40. The first kappa shape index (κ1) is 9.45. The van der Waals surface area contributed by atoms with Gasteiger partial charge in [0.15, 0.2) is 0 Å². The first-order valence-corrected chi connectivity index (χ1v) is 5.10. The molecule has 0 aliphatic heterocycles. The lowest BCUT2D eigenvalue weighted by Gasteiger charge is -2.02. The predicted molar refractivity (Wildman–Crippen MR) is 53.2 cm³/mol. The van der Waals surface area contributed by atoms with E-state index in [9.17, 15) is 0 Å². The lowest BCUT2D eigenvalue weighted by atomic mass is 10.2. The normalized spacial score (nSPS) is 10.9. The number of nitrogens with one attached hydrogen (secondary N) is 1. The average Bonchev–Trinajstić information content (AvgIpc) is 2.36. The number of H-pyrrole nitrogens is 1. The van der Waals surface area contributed by atoms with Crippen molar-refractivity contribution < 1.29 is 0 Å². The molecule has 0 aliphatic rings. The minimum atomic E-state index is 0.684. The van der Waals surface area contributed by atoms with Crippen molar-refractivity contribution in [2.24, 2.45) is 5.92 Å². The molecule has 0 spiro atoms. The zero-order valence-electron chi connectivity index (χ0n) is 7.50. The van der Waals surface area contributed by atoms with Gasteiger partial charge >= 0.3 is 0 Å². The Kier molecular flexibility index (Phi) is 3.47. The van der Waals surface area contributed by atoms with Crippen molar-refractivity contribution in [3.8, 4) is 0 Å². The molecule has 0 aromatic carbocycles. The van der Waals surface area contributed by atoms with Gasteiger partial charge in [-0.3, -0.25) is 5.10 Å². The van der Waals surface area contributed by atoms with Gasteiger partial charge in [0.25, 0.3) is 0 Å². The molecule has 0 amide bonds. The van der Waals surface area contributed by atoms with Gasteiger partial charge in [0, 0.05) is 0 Å². The quantitative estimate of drug-likeness (QED) is 0.706. The molecule has 3 N–H and O–H groups in total. The number of nitrogens with zero attached hydrogens (tertiary/aromatic N) is 1. The van der Waals surface area contributed by atoms with E-state index < -0.39 is 0 Å². The smallest absolute Gasteiger partial charge is 0.132 e. The van der Waals surface area contributed by atoms with Crippen molar-refractivity contribution in [1.29, 1.82) is 0 Å². The van der Waals surface area contributed by atoms with Crippen LogP contribution < -0.4 is 5.73 Å². The molecule has 1 aromatic heterocycles. The number of rotatable bonds is 4. The Hall–Kier alpha value is -0.640. The Morgan fingerprint density at radius 1 is 1.67 bits per heavy atom. The Morgan fingerprint density at radius 3 is 2.92 bits per heavy atom. The van der Waals surface area contributed by atoms with Gasteiger partial charge in [-0.15, -0.1) is 11.8 Å². The first-order chi connectivity index (χ1) is 5.70. The highest BCUT2D eigenvalue weighted by Crippen LogP contribution is 2.23. The van der Waals surface area contributed by atoms with Crippen molar-refractivity contribution in [3.63, 3.8) is 0 Å². The molecule has 0 atom stereocenters. The van der Waals surface area contributed by atoms with Gasteiger partial charge in [-0.05, 0) is 18.1 Å². The van der Waals surface area contributed by atoms with Crippen LogP contribution in [0.15, 0.2) is 11.1 Å². The molecule has 0 aliphatic carbocycles. The van der Waals surface area contributed by atoms with E-state index in [1.165, 1.54) is 6.42 Å². The van der Waals surface area contributed by atoms with Crippen molar-refractivity contribution >= 4 is 17.6 Å². The van der Waals surface area contributed by atoms with E-state index in [0.29, 0.717) is 5.82 Å². The van der Waals surface area contributed by atoms with Crippen LogP contribution in [0.1, 0.15) is 20.3 Å². The zero-order chi connectivity index (χ0) is 8.97. The Balaban J connectivity index is 2.29. The summed E-state index contributed by atoms with van der Waals surface area (Å²) in [6, 6.07) is 0. The number of nitrogen functional groups attached to an aromatic ring is 1. The predicted octanol–water partition coefficient (Wildman–Crippen LogP) is 2.13. The van der Waals surface area contributed by atoms with Crippen molar-refractivity contribution in [1.82, 2.24) is 10.2 Å². The number of aromatic nitrogens is 2. The summed E-state index contributed by atoms with van der Waals surface area (Å²) in [5, 5.41) is 6.56. The van der Waals surface area contributed by atoms with Crippen LogP contribution in [0.3, 0.4) is 0 Å². The molecule has 68 valence electrons. The summed E-state index contributed by atoms with van der Waals surface area (Å²) in [6.07, 6.45) is 3.00. The van der Waals surface area contributed by atoms with Crippen LogP contribution in [-0.4, -0.2) is 16.0 Å². The minimum Gasteiger partial charge on any atom is -0.383 e. The fourth-order valence-electron chi connectivity index (χ4n) is 0.805. The maximum atomic E-state index is 5.62. The molecule has 0 saturated heterocycles. The van der Waals surface area contributed by atoms with Crippen LogP contribution >= 0.6 is 11.8 Å². The summed E-state index contributed by atoms with van der Waals surface area (Å²) in [6.45, 7) is 4.44. The molecule has 1 heterocycles. The SMILES string of the molecule is CC(C)CCSc1cn[nH]c1N. The molecule has 0 fully saturated rings. The number of hydrogen-bond acceptors (Lipinski definition) is 3. The molecule has 1 aromatic rings. The molecule has 4 heteroatoms. The Bertz CT molecular complexity index is 232. The number of anilines is 1. The van der Waals surface area contributed by atoms with E-state index in [-0.39, 0.29) is 0 Å². The maximum absolute atomic E-state index is 5.62. The van der Waals surface area contributed by atoms with E-state index in [2.05, 4.69) is 24.0 Å². The van der Waals surface area contributed by atoms with Crippen molar-refractivity contribution in [2.75, 3.05) is 11.5 Å². The van der Waals surface area contributed by atoms with Crippen LogP contribution in [0, 0.1) is 5.92 Å². The maximum Gasteiger partial charge on any atom is 0.132 e. The summed E-state index contributed by atoms with van der Waals surface area (Å²) in [4.78, 5) is 1.07. The topological polar surface area (TPSA) is 54.7 Å². The summed E-state index contributed by atoms with van der Waals surface area (Å²) in [5.41, 5.74) is 5.62. The lowest BCUT2D eigenvalue weighted by Crippen LogP contribution is -1.90. The van der Waals surface area contributed by atoms with Gasteiger partial charge in [-0.2, -0.15) is 5.10 Å². The molecule has 0 saturated carbocycles. The van der Waals surface area contributed by atoms with Crippen LogP contribution in [0.4, 0.5) is 5.82 Å². The Morgan fingerprint density at radius 2 is 2.42 bits per heavy atom. The highest BCUT2D eigenvalue weighted by molar-refractivity contribution is 7.99. The molecule has 1 rings (SSSR count). The van der Waals surface area contributed by atoms with E-state index >= 15 is 0 Å². The molecule has 12 heavy (non-hydrogen) atoms. The van der Waals surface area contributed by atoms with Crippen LogP contribution in [-0.2, 0) is 0 Å². The third-order valence-electron chi connectivity index (χ3n) is 1.59. The zero-order valence-corrected chi connectivity index (χ0v) is 8.32. The number of aromatic amines is 1. The van der Waals surface area contributed by atoms with Gasteiger partial charge in [0.1, 0.15) is 5.82 Å². The standard InChI is InChI=1S/C8H15N3S/c1-6(2)3-4-12-7-5-10-11-8(7)9/h5-6H,3-4H2,1-2H3,(H3,9,10,11). The molecule has 0 bridgehead atoms. The van der Waals surface area contributed by atoms with Gasteiger partial charge in [0.2, 0.25) is 0 Å². The monoisotopic (exact) mass is 185 g/mol. The van der Waals surface area contributed by atoms with E-state index in [0.717, 1.165) is 16.6 Å². The first-order valence-electron chi connectivity index (χ1n) is 4.11. The van der Waals surface area contributed by atoms with Crippen molar-refractivity contribution in [2.45, 2.75) is 25.2 Å². The molecular formula is C8H15N3S. The average molecular weight is 185 g/mol. The number of hydrogen-bond donors (Lipinski definition) is 2. The third-order valence-corrected chi connectivity index (χ3v) is 2.66. The second-order valence-corrected chi connectivity index (χ2v) is 4.32. The van der Waals surface area contributed by atoms with Gasteiger partial charge in [-0.25, -0.2) is 0 Å². The fourth-order valence-corrected chi connectivity index (χ4v) is 1.94. The van der Waals surface area contributed by atoms with Gasteiger partial charge < -0.3 is 5.73 Å². The fraction of sp³-hybridized carbons (Fsp3) is 0.625. The van der Waals surface area contributed by atoms with Gasteiger partial charge in [-0.1, -0.05) is 13.8 Å².